The van der Waals surface area contributed by atoms with E-state index in [9.17, 15) is 13.2 Å². The molecule has 0 spiro atoms. The topological polar surface area (TPSA) is 152 Å². The molecule has 3 fully saturated rings. The van der Waals surface area contributed by atoms with Gasteiger partial charge in [0, 0.05) is 19.0 Å². The van der Waals surface area contributed by atoms with Crippen LogP contribution in [-0.4, -0.2) is 57.8 Å². The molecular weight excluding hydrogens is 354 g/mol. The van der Waals surface area contributed by atoms with Gasteiger partial charge in [0.1, 0.15) is 6.04 Å². The van der Waals surface area contributed by atoms with Crippen molar-refractivity contribution < 1.29 is 26.5 Å². The van der Waals surface area contributed by atoms with E-state index in [1.54, 1.807) is 0 Å². The van der Waals surface area contributed by atoms with Crippen LogP contribution in [0.3, 0.4) is 0 Å². The molecular formula is C13H19N5O6S. The van der Waals surface area contributed by atoms with Crippen molar-refractivity contribution in [2.24, 2.45) is 11.7 Å². The molecule has 1 aromatic heterocycles. The molecule has 2 unspecified atom stereocenters. The zero-order chi connectivity index (χ0) is 17.8. The molecule has 3 aliphatic rings. The first kappa shape index (κ1) is 16.7. The average molecular weight is 373 g/mol. The molecule has 138 valence electrons. The summed E-state index contributed by atoms with van der Waals surface area (Å²) in [4.78, 5) is 13.8. The number of rotatable bonds is 5. The summed E-state index contributed by atoms with van der Waals surface area (Å²) in [5.74, 6) is 1.30. The first-order chi connectivity index (χ1) is 11.8. The maximum atomic E-state index is 12.4. The van der Waals surface area contributed by atoms with Gasteiger partial charge >= 0.3 is 16.4 Å². The van der Waals surface area contributed by atoms with E-state index in [4.69, 9.17) is 14.7 Å². The first-order valence-electron chi connectivity index (χ1n) is 8.15. The van der Waals surface area contributed by atoms with Crippen LogP contribution >= 0.6 is 0 Å². The van der Waals surface area contributed by atoms with E-state index >= 15 is 0 Å². The molecule has 1 aliphatic carbocycles. The fourth-order valence-electron chi connectivity index (χ4n) is 3.77. The number of nitrogens with two attached hydrogens (primary N) is 1. The highest BCUT2D eigenvalue weighted by molar-refractivity contribution is 7.80. The number of piperidine rings is 1. The van der Waals surface area contributed by atoms with Crippen LogP contribution in [0.5, 0.6) is 0 Å². The van der Waals surface area contributed by atoms with Gasteiger partial charge in [-0.3, -0.25) is 4.55 Å². The molecule has 2 atom stereocenters. The molecule has 11 nitrogen and oxygen atoms in total. The van der Waals surface area contributed by atoms with E-state index in [0.29, 0.717) is 42.0 Å². The molecule has 1 saturated carbocycles. The van der Waals surface area contributed by atoms with Crippen molar-refractivity contribution in [2.45, 2.75) is 50.2 Å². The van der Waals surface area contributed by atoms with Crippen LogP contribution in [-0.2, 0) is 21.1 Å². The molecule has 2 aliphatic heterocycles. The van der Waals surface area contributed by atoms with Crippen LogP contribution in [0.15, 0.2) is 4.42 Å². The lowest BCUT2D eigenvalue weighted by atomic mass is 9.79. The second kappa shape index (κ2) is 5.90. The van der Waals surface area contributed by atoms with E-state index < -0.39 is 28.5 Å². The number of fused-ring (bicyclic) bond motifs is 2. The van der Waals surface area contributed by atoms with Crippen molar-refractivity contribution in [2.75, 3.05) is 6.54 Å². The first-order valence-corrected chi connectivity index (χ1v) is 9.51. The Labute approximate surface area is 144 Å². The molecule has 1 aromatic rings. The van der Waals surface area contributed by atoms with Crippen LogP contribution in [0.25, 0.3) is 0 Å². The van der Waals surface area contributed by atoms with E-state index in [1.807, 2.05) is 0 Å². The lowest BCUT2D eigenvalue weighted by Gasteiger charge is -2.31. The second-order valence-electron chi connectivity index (χ2n) is 6.85. The normalized spacial score (nSPS) is 32.2. The summed E-state index contributed by atoms with van der Waals surface area (Å²) in [6, 6.07) is -1.26. The SMILES string of the molecule is NC1CC(Cc2nnc(C3CCC4CN3C(=O)N4OS(=O)(=O)O)o2)C1. The predicted octanol–water partition coefficient (Wildman–Crippen LogP) is 0.0249. The predicted molar refractivity (Wildman–Crippen MR) is 81.0 cm³/mol. The Balaban J connectivity index is 1.46. The summed E-state index contributed by atoms with van der Waals surface area (Å²) in [7, 11) is -4.75. The van der Waals surface area contributed by atoms with Crippen LogP contribution in [0.1, 0.15) is 43.5 Å². The molecule has 3 N–H and O–H groups in total. The molecule has 3 heterocycles. The van der Waals surface area contributed by atoms with Gasteiger partial charge in [0.2, 0.25) is 11.8 Å². The number of carbonyl (C=O) groups is 1. The number of hydrogen-bond acceptors (Lipinski definition) is 8. The highest BCUT2D eigenvalue weighted by Crippen LogP contribution is 2.38. The number of hydroxylamine groups is 2. The smallest absolute Gasteiger partial charge is 0.418 e. The van der Waals surface area contributed by atoms with Gasteiger partial charge in [0.25, 0.3) is 0 Å². The molecule has 4 rings (SSSR count). The van der Waals surface area contributed by atoms with E-state index in [1.165, 1.54) is 4.90 Å². The third-order valence-electron chi connectivity index (χ3n) is 5.00. The Morgan fingerprint density at radius 1 is 1.32 bits per heavy atom. The standard InChI is InChI=1S/C13H19N5O6S/c14-8-3-7(4-8)5-11-15-16-12(23-11)10-2-1-9-6-17(10)13(19)18(9)24-25(20,21)22/h7-10H,1-6,14H2,(H,20,21,22). The summed E-state index contributed by atoms with van der Waals surface area (Å²) in [5, 5.41) is 8.80. The van der Waals surface area contributed by atoms with Gasteiger partial charge in [-0.25, -0.2) is 4.79 Å². The highest BCUT2D eigenvalue weighted by atomic mass is 32.3. The minimum absolute atomic E-state index is 0.249. The van der Waals surface area contributed by atoms with Crippen molar-refractivity contribution in [3.63, 3.8) is 0 Å². The molecule has 12 heteroatoms. The Hall–Kier alpha value is -1.76. The number of carbonyl (C=O) groups excluding carboxylic acids is 1. The van der Waals surface area contributed by atoms with Crippen molar-refractivity contribution >= 4 is 16.4 Å². The van der Waals surface area contributed by atoms with Crippen LogP contribution in [0.4, 0.5) is 4.79 Å². The van der Waals surface area contributed by atoms with Gasteiger partial charge in [-0.1, -0.05) is 0 Å². The molecule has 2 bridgehead atoms. The number of urea groups is 1. The number of hydrogen-bond donors (Lipinski definition) is 2. The monoisotopic (exact) mass is 373 g/mol. The minimum Gasteiger partial charge on any atom is -0.423 e. The molecule has 2 saturated heterocycles. The fourth-order valence-corrected chi connectivity index (χ4v) is 4.16. The second-order valence-corrected chi connectivity index (χ2v) is 7.85. The van der Waals surface area contributed by atoms with E-state index in [2.05, 4.69) is 14.5 Å². The lowest BCUT2D eigenvalue weighted by molar-refractivity contribution is -0.0317. The Morgan fingerprint density at radius 3 is 2.76 bits per heavy atom. The van der Waals surface area contributed by atoms with Crippen molar-refractivity contribution in [1.82, 2.24) is 20.2 Å². The van der Waals surface area contributed by atoms with Gasteiger partial charge in [-0.2, -0.15) is 13.5 Å². The Bertz CT molecular complexity index is 776. The lowest BCUT2D eigenvalue weighted by Crippen LogP contribution is -2.37. The third kappa shape index (κ3) is 3.21. The maximum absolute atomic E-state index is 12.4. The molecule has 0 aromatic carbocycles. The van der Waals surface area contributed by atoms with Gasteiger partial charge in [-0.15, -0.1) is 14.5 Å². The average Bonchev–Trinajstić information content (AvgIpc) is 3.05. The van der Waals surface area contributed by atoms with Crippen LogP contribution in [0, 0.1) is 5.92 Å². The summed E-state index contributed by atoms with van der Waals surface area (Å²) in [6.45, 7) is 0.272. The summed E-state index contributed by atoms with van der Waals surface area (Å²) in [5.41, 5.74) is 5.77. The summed E-state index contributed by atoms with van der Waals surface area (Å²) >= 11 is 0. The van der Waals surface area contributed by atoms with Gasteiger partial charge in [0.05, 0.1) is 6.04 Å². The Morgan fingerprint density at radius 2 is 2.08 bits per heavy atom. The fraction of sp³-hybridized carbons (Fsp3) is 0.769. The third-order valence-corrected chi connectivity index (χ3v) is 5.35. The number of aromatic nitrogens is 2. The minimum atomic E-state index is -4.75. The van der Waals surface area contributed by atoms with Gasteiger partial charge in [-0.05, 0) is 31.6 Å². The highest BCUT2D eigenvalue weighted by Gasteiger charge is 2.49. The molecule has 25 heavy (non-hydrogen) atoms. The quantitative estimate of drug-likeness (QED) is 0.680. The van der Waals surface area contributed by atoms with Gasteiger partial charge in [0.15, 0.2) is 0 Å². The van der Waals surface area contributed by atoms with Crippen molar-refractivity contribution in [3.05, 3.63) is 11.8 Å². The Kier molecular flexibility index (Phi) is 3.94. The number of nitrogens with zero attached hydrogens (tertiary/aromatic N) is 4. The van der Waals surface area contributed by atoms with Crippen molar-refractivity contribution in [3.8, 4) is 0 Å². The maximum Gasteiger partial charge on any atom is 0.418 e. The van der Waals surface area contributed by atoms with Crippen molar-refractivity contribution in [1.29, 1.82) is 0 Å². The summed E-state index contributed by atoms with van der Waals surface area (Å²) < 4.78 is 40.7. The largest absolute Gasteiger partial charge is 0.423 e. The van der Waals surface area contributed by atoms with E-state index in [0.717, 1.165) is 12.8 Å². The summed E-state index contributed by atoms with van der Waals surface area (Å²) in [6.07, 6.45) is 3.59. The zero-order valence-corrected chi connectivity index (χ0v) is 14.1. The van der Waals surface area contributed by atoms with Gasteiger partial charge < -0.3 is 15.1 Å². The zero-order valence-electron chi connectivity index (χ0n) is 13.3. The van der Waals surface area contributed by atoms with E-state index in [-0.39, 0.29) is 12.6 Å². The molecule has 2 amide bonds. The molecule has 0 radical (unpaired) electrons. The van der Waals surface area contributed by atoms with Crippen LogP contribution < -0.4 is 5.73 Å². The van der Waals surface area contributed by atoms with Crippen LogP contribution in [0.2, 0.25) is 0 Å². The number of amides is 2.